The fourth-order valence-electron chi connectivity index (χ4n) is 3.77. The lowest BCUT2D eigenvalue weighted by atomic mass is 9.84. The molecule has 2 fully saturated rings. The van der Waals surface area contributed by atoms with E-state index in [1.165, 1.54) is 6.92 Å². The molecule has 0 aromatic heterocycles. The van der Waals surface area contributed by atoms with Crippen LogP contribution in [0.25, 0.3) is 0 Å². The highest BCUT2D eigenvalue weighted by atomic mass is 16.7. The van der Waals surface area contributed by atoms with Crippen molar-refractivity contribution in [3.05, 3.63) is 35.5 Å². The van der Waals surface area contributed by atoms with Gasteiger partial charge in [0.05, 0.1) is 5.92 Å². The van der Waals surface area contributed by atoms with Crippen molar-refractivity contribution in [2.24, 2.45) is 5.92 Å². The molecule has 6 atom stereocenters. The van der Waals surface area contributed by atoms with Crippen molar-refractivity contribution in [3.8, 4) is 0 Å². The number of hydrogen-bond acceptors (Lipinski definition) is 8. The van der Waals surface area contributed by atoms with Crippen LogP contribution in [-0.2, 0) is 33.3 Å². The van der Waals surface area contributed by atoms with Gasteiger partial charge in [-0.2, -0.15) is 0 Å². The molecule has 0 saturated carbocycles. The molecule has 8 nitrogen and oxygen atoms in total. The Morgan fingerprint density at radius 2 is 2.03 bits per heavy atom. The minimum absolute atomic E-state index is 0.0586. The van der Waals surface area contributed by atoms with Crippen LogP contribution in [0.5, 0.6) is 0 Å². The van der Waals surface area contributed by atoms with E-state index in [4.69, 9.17) is 18.9 Å². The monoisotopic (exact) mass is 406 g/mol. The number of epoxide rings is 1. The first-order valence-corrected chi connectivity index (χ1v) is 9.55. The van der Waals surface area contributed by atoms with Gasteiger partial charge in [-0.1, -0.05) is 12.7 Å². The molecule has 158 valence electrons. The van der Waals surface area contributed by atoms with Crippen molar-refractivity contribution in [1.82, 2.24) is 0 Å². The van der Waals surface area contributed by atoms with Crippen LogP contribution in [0, 0.1) is 5.92 Å². The molecule has 2 aliphatic heterocycles. The summed E-state index contributed by atoms with van der Waals surface area (Å²) in [5, 5.41) is 10.8. The Labute approximate surface area is 169 Å². The van der Waals surface area contributed by atoms with E-state index in [9.17, 15) is 19.5 Å². The molecule has 0 radical (unpaired) electrons. The van der Waals surface area contributed by atoms with Crippen LogP contribution in [0.2, 0.25) is 0 Å². The second-order valence-corrected chi connectivity index (χ2v) is 7.74. The van der Waals surface area contributed by atoms with E-state index in [0.29, 0.717) is 11.1 Å². The first kappa shape index (κ1) is 21.3. The van der Waals surface area contributed by atoms with Crippen molar-refractivity contribution in [2.75, 3.05) is 0 Å². The van der Waals surface area contributed by atoms with Gasteiger partial charge >= 0.3 is 17.9 Å². The minimum atomic E-state index is -1.55. The maximum Gasteiger partial charge on any atom is 0.334 e. The summed E-state index contributed by atoms with van der Waals surface area (Å²) < 4.78 is 21.9. The van der Waals surface area contributed by atoms with Gasteiger partial charge in [0.15, 0.2) is 5.79 Å². The maximum absolute atomic E-state index is 12.4. The van der Waals surface area contributed by atoms with Crippen molar-refractivity contribution in [1.29, 1.82) is 0 Å². The van der Waals surface area contributed by atoms with Crippen molar-refractivity contribution in [3.63, 3.8) is 0 Å². The van der Waals surface area contributed by atoms with Crippen LogP contribution in [0.1, 0.15) is 40.5 Å². The molecule has 1 N–H and O–H groups in total. The quantitative estimate of drug-likeness (QED) is 0.248. The summed E-state index contributed by atoms with van der Waals surface area (Å²) in [6.07, 6.45) is 0.595. The van der Waals surface area contributed by atoms with Crippen molar-refractivity contribution < 1.29 is 38.4 Å². The van der Waals surface area contributed by atoms with Crippen LogP contribution in [0.4, 0.5) is 0 Å². The van der Waals surface area contributed by atoms with Gasteiger partial charge in [-0.05, 0) is 32.4 Å². The molecule has 2 heterocycles. The minimum Gasteiger partial charge on any atom is -0.458 e. The zero-order valence-electron chi connectivity index (χ0n) is 17.0. The zero-order valence-corrected chi connectivity index (χ0v) is 17.0. The first-order valence-electron chi connectivity index (χ1n) is 9.55. The number of fused-ring (bicyclic) bond motifs is 2. The Morgan fingerprint density at radius 3 is 2.66 bits per heavy atom. The molecular weight excluding hydrogens is 380 g/mol. The Bertz CT molecular complexity index is 809. The van der Waals surface area contributed by atoms with Gasteiger partial charge in [-0.3, -0.25) is 4.79 Å². The Kier molecular flexibility index (Phi) is 5.69. The molecule has 0 aromatic rings. The van der Waals surface area contributed by atoms with Gasteiger partial charge in [0.1, 0.15) is 24.4 Å². The molecule has 2 saturated heterocycles. The van der Waals surface area contributed by atoms with Crippen LogP contribution >= 0.6 is 0 Å². The summed E-state index contributed by atoms with van der Waals surface area (Å²) in [6, 6.07) is 0. The fraction of sp³-hybridized carbons (Fsp3) is 0.571. The average Bonchev–Trinajstić information content (AvgIpc) is 3.17. The van der Waals surface area contributed by atoms with E-state index < -0.39 is 54.0 Å². The summed E-state index contributed by atoms with van der Waals surface area (Å²) in [4.78, 5) is 36.1. The van der Waals surface area contributed by atoms with Gasteiger partial charge in [-0.15, -0.1) is 0 Å². The average molecular weight is 406 g/mol. The molecule has 0 bridgehead atoms. The number of allylic oxidation sites excluding steroid dienone is 1. The van der Waals surface area contributed by atoms with E-state index in [2.05, 4.69) is 6.58 Å². The number of carbonyl (C=O) groups excluding carboxylic acids is 3. The highest BCUT2D eigenvalue weighted by Gasteiger charge is 2.60. The molecule has 1 aliphatic carbocycles. The van der Waals surface area contributed by atoms with E-state index in [-0.39, 0.29) is 18.4 Å². The van der Waals surface area contributed by atoms with Crippen molar-refractivity contribution in [2.45, 2.75) is 70.7 Å². The van der Waals surface area contributed by atoms with Gasteiger partial charge in [0.25, 0.3) is 0 Å². The zero-order chi connectivity index (χ0) is 21.5. The number of aliphatic hydroxyl groups is 1. The van der Waals surface area contributed by atoms with Crippen LogP contribution in [0.3, 0.4) is 0 Å². The lowest BCUT2D eigenvalue weighted by molar-refractivity contribution is -0.151. The number of carbonyl (C=O) groups is 3. The van der Waals surface area contributed by atoms with Gasteiger partial charge < -0.3 is 24.1 Å². The number of ether oxygens (including phenoxy) is 4. The van der Waals surface area contributed by atoms with Crippen LogP contribution < -0.4 is 0 Å². The molecule has 0 spiro atoms. The molecule has 0 unspecified atom stereocenters. The Hall–Kier alpha value is -2.45. The SMILES string of the molecule is C=C1C(=O)O[C@@H]2/C=C(/C)[C@@H](OC(C)=O)C[C@H]3O[C@]3(O)C[C@@H](OC(=O)/C(C)=C\C)[C@@H]12. The third-order valence-electron chi connectivity index (χ3n) is 5.63. The summed E-state index contributed by atoms with van der Waals surface area (Å²) in [5.41, 5.74) is 1.20. The summed E-state index contributed by atoms with van der Waals surface area (Å²) >= 11 is 0. The fourth-order valence-corrected chi connectivity index (χ4v) is 3.77. The topological polar surface area (TPSA) is 112 Å². The van der Waals surface area contributed by atoms with E-state index >= 15 is 0 Å². The smallest absolute Gasteiger partial charge is 0.334 e. The lowest BCUT2D eigenvalue weighted by Gasteiger charge is -2.29. The summed E-state index contributed by atoms with van der Waals surface area (Å²) in [6.45, 7) is 10.2. The maximum atomic E-state index is 12.4. The third kappa shape index (κ3) is 4.28. The van der Waals surface area contributed by atoms with Crippen LogP contribution in [-0.4, -0.2) is 53.2 Å². The second-order valence-electron chi connectivity index (χ2n) is 7.74. The second kappa shape index (κ2) is 7.76. The van der Waals surface area contributed by atoms with Gasteiger partial charge in [-0.25, -0.2) is 9.59 Å². The summed E-state index contributed by atoms with van der Waals surface area (Å²) in [5.74, 6) is -3.88. The predicted octanol–water partition coefficient (Wildman–Crippen LogP) is 1.72. The van der Waals surface area contributed by atoms with Gasteiger partial charge in [0.2, 0.25) is 0 Å². The molecular formula is C21H26O8. The van der Waals surface area contributed by atoms with Gasteiger partial charge in [0, 0.05) is 30.9 Å². The van der Waals surface area contributed by atoms with Crippen LogP contribution in [0.15, 0.2) is 35.5 Å². The normalized spacial score (nSPS) is 38.7. The highest BCUT2D eigenvalue weighted by molar-refractivity contribution is 5.92. The number of rotatable bonds is 3. The largest absolute Gasteiger partial charge is 0.458 e. The number of hydrogen-bond donors (Lipinski definition) is 1. The van der Waals surface area contributed by atoms with E-state index in [1.807, 2.05) is 0 Å². The van der Waals surface area contributed by atoms with E-state index in [0.717, 1.165) is 0 Å². The Balaban J connectivity index is 1.99. The standard InChI is InChI=1S/C21H26O8/c1-6-10(2)19(23)28-16-9-21(25)17(29-21)8-14(26-13(5)22)11(3)7-15-18(16)12(4)20(24)27-15/h6-7,14-18,25H,4,8-9H2,1-3,5H3/b10-6-,11-7-/t14-,15+,16+,17+,18-,21+/m0/s1. The highest BCUT2D eigenvalue weighted by Crippen LogP contribution is 2.47. The predicted molar refractivity (Wildman–Crippen MR) is 100 cm³/mol. The molecule has 29 heavy (non-hydrogen) atoms. The molecule has 3 rings (SSSR count). The molecule has 8 heteroatoms. The van der Waals surface area contributed by atoms with E-state index in [1.54, 1.807) is 32.9 Å². The third-order valence-corrected chi connectivity index (χ3v) is 5.63. The lowest BCUT2D eigenvalue weighted by Crippen LogP contribution is -2.39. The molecule has 3 aliphatic rings. The Morgan fingerprint density at radius 1 is 1.34 bits per heavy atom. The molecule has 0 aromatic carbocycles. The summed E-state index contributed by atoms with van der Waals surface area (Å²) in [7, 11) is 0. The van der Waals surface area contributed by atoms with Crippen molar-refractivity contribution >= 4 is 17.9 Å². The molecule has 0 amide bonds. The first-order chi connectivity index (χ1) is 13.6. The number of esters is 3.